The molecule has 0 atom stereocenters. The standard InChI is InChI=1S/C22H19Cl2N5O4.ClH/c1-31-21-26-18(11-19(27-21)25-8-7-13-5-6-15(23)10-17(13)24)14-3-2-4-16(9-14)32-12-20-28-22(30)33-29-20;/h2-6,9-11H,7-8,12H2,1H3,(H,25,26,27)(H,28,29,30);1H. The molecule has 0 amide bonds. The second kappa shape index (κ2) is 11.7. The van der Waals surface area contributed by atoms with Crippen LogP contribution in [0.4, 0.5) is 5.82 Å². The first kappa shape index (κ1) is 25.4. The highest BCUT2D eigenvalue weighted by atomic mass is 35.5. The van der Waals surface area contributed by atoms with E-state index in [1.807, 2.05) is 36.4 Å². The molecule has 0 saturated heterocycles. The minimum absolute atomic E-state index is 0. The number of benzene rings is 2. The zero-order valence-corrected chi connectivity index (χ0v) is 20.2. The summed E-state index contributed by atoms with van der Waals surface area (Å²) in [6.45, 7) is 0.655. The maximum absolute atomic E-state index is 11.0. The van der Waals surface area contributed by atoms with Crippen molar-refractivity contribution in [3.63, 3.8) is 0 Å². The average Bonchev–Trinajstić information content (AvgIpc) is 3.24. The topological polar surface area (TPSA) is 115 Å². The Morgan fingerprint density at radius 2 is 1.97 bits per heavy atom. The Morgan fingerprint density at radius 3 is 2.71 bits per heavy atom. The quantitative estimate of drug-likeness (QED) is 0.321. The minimum atomic E-state index is -0.631. The third kappa shape index (κ3) is 6.63. The van der Waals surface area contributed by atoms with E-state index in [4.69, 9.17) is 32.7 Å². The van der Waals surface area contributed by atoms with Crippen LogP contribution < -0.4 is 20.5 Å². The van der Waals surface area contributed by atoms with Gasteiger partial charge < -0.3 is 14.8 Å². The lowest BCUT2D eigenvalue weighted by atomic mass is 10.1. The Kier molecular flexibility index (Phi) is 8.75. The molecule has 2 aromatic heterocycles. The smallest absolute Gasteiger partial charge is 0.439 e. The molecular weight excluding hydrogens is 505 g/mol. The first-order valence-electron chi connectivity index (χ1n) is 9.89. The van der Waals surface area contributed by atoms with Gasteiger partial charge in [0, 0.05) is 28.2 Å². The van der Waals surface area contributed by atoms with Gasteiger partial charge in [-0.25, -0.2) is 4.79 Å². The summed E-state index contributed by atoms with van der Waals surface area (Å²) >= 11 is 12.2. The number of rotatable bonds is 9. The van der Waals surface area contributed by atoms with Crippen LogP contribution in [0.5, 0.6) is 11.8 Å². The molecule has 2 aromatic carbocycles. The minimum Gasteiger partial charge on any atom is -0.486 e. The third-order valence-corrected chi connectivity index (χ3v) is 5.18. The summed E-state index contributed by atoms with van der Waals surface area (Å²) in [5, 5.41) is 8.08. The number of halogens is 3. The van der Waals surface area contributed by atoms with Gasteiger partial charge in [-0.3, -0.25) is 9.51 Å². The number of nitrogens with one attached hydrogen (secondary N) is 2. The maximum atomic E-state index is 11.0. The van der Waals surface area contributed by atoms with Gasteiger partial charge >= 0.3 is 11.8 Å². The normalized spacial score (nSPS) is 10.4. The van der Waals surface area contributed by atoms with Gasteiger partial charge in [-0.05, 0) is 36.2 Å². The van der Waals surface area contributed by atoms with Crippen molar-refractivity contribution >= 4 is 41.4 Å². The predicted octanol–water partition coefficient (Wildman–Crippen LogP) is 4.79. The lowest BCUT2D eigenvalue weighted by Gasteiger charge is -2.11. The van der Waals surface area contributed by atoms with E-state index in [0.29, 0.717) is 46.1 Å². The van der Waals surface area contributed by atoms with Crippen LogP contribution in [0.15, 0.2) is 57.8 Å². The number of H-pyrrole nitrogens is 1. The molecule has 0 aliphatic rings. The predicted molar refractivity (Wildman–Crippen MR) is 131 cm³/mol. The fourth-order valence-corrected chi connectivity index (χ4v) is 3.53. The van der Waals surface area contributed by atoms with Gasteiger partial charge in [-0.15, -0.1) is 12.4 Å². The molecule has 2 N–H and O–H groups in total. The van der Waals surface area contributed by atoms with Crippen molar-refractivity contribution in [2.75, 3.05) is 19.0 Å². The molecule has 0 spiro atoms. The molecule has 0 saturated carbocycles. The van der Waals surface area contributed by atoms with Gasteiger partial charge in [0.2, 0.25) is 0 Å². The molecule has 4 aromatic rings. The molecule has 178 valence electrons. The number of hydrogen-bond donors (Lipinski definition) is 2. The Bertz CT molecular complexity index is 1310. The monoisotopic (exact) mass is 523 g/mol. The van der Waals surface area contributed by atoms with E-state index in [2.05, 4.69) is 29.9 Å². The molecule has 4 rings (SSSR count). The van der Waals surface area contributed by atoms with Crippen molar-refractivity contribution in [1.82, 2.24) is 20.1 Å². The summed E-state index contributed by atoms with van der Waals surface area (Å²) in [5.74, 6) is 0.837. The van der Waals surface area contributed by atoms with E-state index in [1.54, 1.807) is 12.1 Å². The number of anilines is 1. The first-order chi connectivity index (χ1) is 16.0. The molecule has 0 bridgehead atoms. The molecule has 0 aliphatic heterocycles. The van der Waals surface area contributed by atoms with Crippen LogP contribution in [0.3, 0.4) is 0 Å². The Morgan fingerprint density at radius 1 is 1.12 bits per heavy atom. The van der Waals surface area contributed by atoms with Gasteiger partial charge in [-0.1, -0.05) is 46.6 Å². The van der Waals surface area contributed by atoms with Crippen LogP contribution in [0.25, 0.3) is 11.3 Å². The Labute approximate surface area is 210 Å². The fraction of sp³-hybridized carbons (Fsp3) is 0.182. The summed E-state index contributed by atoms with van der Waals surface area (Å²) in [7, 11) is 1.51. The lowest BCUT2D eigenvalue weighted by molar-refractivity contribution is 0.285. The van der Waals surface area contributed by atoms with Crippen molar-refractivity contribution in [3.8, 4) is 23.0 Å². The van der Waals surface area contributed by atoms with Crippen molar-refractivity contribution in [3.05, 3.63) is 80.5 Å². The highest BCUT2D eigenvalue weighted by molar-refractivity contribution is 6.35. The highest BCUT2D eigenvalue weighted by Crippen LogP contribution is 2.26. The van der Waals surface area contributed by atoms with Crippen LogP contribution in [-0.4, -0.2) is 33.8 Å². The molecule has 0 aliphatic carbocycles. The zero-order valence-electron chi connectivity index (χ0n) is 17.9. The van der Waals surface area contributed by atoms with E-state index in [0.717, 1.165) is 11.1 Å². The van der Waals surface area contributed by atoms with Gasteiger partial charge in [0.05, 0.1) is 12.8 Å². The summed E-state index contributed by atoms with van der Waals surface area (Å²) in [6.07, 6.45) is 0.686. The van der Waals surface area contributed by atoms with E-state index < -0.39 is 5.76 Å². The van der Waals surface area contributed by atoms with Gasteiger partial charge in [0.15, 0.2) is 5.82 Å². The van der Waals surface area contributed by atoms with E-state index in [1.165, 1.54) is 7.11 Å². The number of nitrogens with zero attached hydrogens (tertiary/aromatic N) is 3. The largest absolute Gasteiger partial charge is 0.486 e. The van der Waals surface area contributed by atoms with E-state index in [9.17, 15) is 4.79 Å². The average molecular weight is 525 g/mol. The summed E-state index contributed by atoms with van der Waals surface area (Å²) in [6, 6.07) is 14.8. The van der Waals surface area contributed by atoms with Crippen molar-refractivity contribution in [2.24, 2.45) is 0 Å². The van der Waals surface area contributed by atoms with Crippen molar-refractivity contribution in [2.45, 2.75) is 13.0 Å². The second-order valence-electron chi connectivity index (χ2n) is 6.90. The highest BCUT2D eigenvalue weighted by Gasteiger charge is 2.10. The summed E-state index contributed by atoms with van der Waals surface area (Å²) in [5.41, 5.74) is 2.42. The van der Waals surface area contributed by atoms with Gasteiger partial charge in [0.25, 0.3) is 0 Å². The molecule has 0 radical (unpaired) electrons. The summed E-state index contributed by atoms with van der Waals surface area (Å²) < 4.78 is 15.4. The molecule has 2 heterocycles. The SMILES string of the molecule is COc1nc(NCCc2ccc(Cl)cc2Cl)cc(-c2cccc(OCc3noc(=O)[nH]3)c2)n1.Cl. The lowest BCUT2D eigenvalue weighted by Crippen LogP contribution is -2.08. The van der Waals surface area contributed by atoms with E-state index in [-0.39, 0.29) is 25.0 Å². The maximum Gasteiger partial charge on any atom is 0.439 e. The van der Waals surface area contributed by atoms with Gasteiger partial charge in [-0.2, -0.15) is 9.97 Å². The van der Waals surface area contributed by atoms with Gasteiger partial charge in [0.1, 0.15) is 18.2 Å². The van der Waals surface area contributed by atoms with Crippen LogP contribution in [-0.2, 0) is 13.0 Å². The van der Waals surface area contributed by atoms with Crippen LogP contribution in [0.1, 0.15) is 11.4 Å². The van der Waals surface area contributed by atoms with Crippen molar-refractivity contribution < 1.29 is 14.0 Å². The van der Waals surface area contributed by atoms with Crippen LogP contribution in [0.2, 0.25) is 10.0 Å². The summed E-state index contributed by atoms with van der Waals surface area (Å²) in [4.78, 5) is 22.3. The molecule has 0 unspecified atom stereocenters. The van der Waals surface area contributed by atoms with Crippen LogP contribution >= 0.6 is 35.6 Å². The van der Waals surface area contributed by atoms with Crippen LogP contribution in [0, 0.1) is 0 Å². The zero-order chi connectivity index (χ0) is 23.2. The Balaban J connectivity index is 0.00000324. The fourth-order valence-electron chi connectivity index (χ4n) is 3.02. The second-order valence-corrected chi connectivity index (χ2v) is 7.74. The molecular formula is C22H20Cl3N5O4. The molecule has 12 heteroatoms. The van der Waals surface area contributed by atoms with E-state index >= 15 is 0 Å². The Hall–Kier alpha value is -3.27. The number of hydrogen-bond acceptors (Lipinski definition) is 8. The number of aromatic nitrogens is 4. The number of aromatic amines is 1. The third-order valence-electron chi connectivity index (χ3n) is 4.59. The first-order valence-corrected chi connectivity index (χ1v) is 10.6. The molecule has 9 nitrogen and oxygen atoms in total. The van der Waals surface area contributed by atoms with Crippen molar-refractivity contribution in [1.29, 1.82) is 0 Å². The number of ether oxygens (including phenoxy) is 2. The molecule has 34 heavy (non-hydrogen) atoms. The number of methoxy groups -OCH3 is 1. The molecule has 0 fully saturated rings.